The molecule has 2 atom stereocenters. The second kappa shape index (κ2) is 10.3. The number of likely N-dealkylation sites (tertiary alicyclic amines) is 1. The SMILES string of the molecule is Cn1cc(-c2cccc(CC3(CN[C@@H]4CC4c4ccccc4)CCN(CCC(=O)O)CC3)c2)cn1. The Morgan fingerprint density at radius 3 is 2.63 bits per heavy atom. The minimum Gasteiger partial charge on any atom is -0.481 e. The van der Waals surface area contributed by atoms with Crippen molar-refractivity contribution in [1.29, 1.82) is 0 Å². The first-order valence-electron chi connectivity index (χ1n) is 12.8. The Hall–Kier alpha value is -2.96. The minimum atomic E-state index is -0.712. The van der Waals surface area contributed by atoms with Gasteiger partial charge in [0.05, 0.1) is 12.6 Å². The summed E-state index contributed by atoms with van der Waals surface area (Å²) in [5.41, 5.74) is 5.34. The van der Waals surface area contributed by atoms with E-state index in [4.69, 9.17) is 5.11 Å². The van der Waals surface area contributed by atoms with Gasteiger partial charge in [0.15, 0.2) is 0 Å². The predicted octanol–water partition coefficient (Wildman–Crippen LogP) is 4.33. The van der Waals surface area contributed by atoms with Gasteiger partial charge >= 0.3 is 5.97 Å². The van der Waals surface area contributed by atoms with E-state index in [9.17, 15) is 4.79 Å². The molecule has 2 heterocycles. The van der Waals surface area contributed by atoms with E-state index in [0.717, 1.165) is 44.5 Å². The molecule has 0 spiro atoms. The van der Waals surface area contributed by atoms with Gasteiger partial charge < -0.3 is 15.3 Å². The fourth-order valence-corrected chi connectivity index (χ4v) is 5.62. The van der Waals surface area contributed by atoms with Gasteiger partial charge in [0.2, 0.25) is 0 Å². The number of nitrogens with one attached hydrogen (secondary N) is 1. The van der Waals surface area contributed by atoms with E-state index >= 15 is 0 Å². The summed E-state index contributed by atoms with van der Waals surface area (Å²) in [6, 6.07) is 20.3. The van der Waals surface area contributed by atoms with Crippen LogP contribution in [-0.2, 0) is 18.3 Å². The molecule has 2 N–H and O–H groups in total. The molecule has 1 saturated carbocycles. The summed E-state index contributed by atoms with van der Waals surface area (Å²) in [6.45, 7) is 3.58. The summed E-state index contributed by atoms with van der Waals surface area (Å²) in [7, 11) is 1.95. The lowest BCUT2D eigenvalue weighted by molar-refractivity contribution is -0.137. The van der Waals surface area contributed by atoms with E-state index in [0.29, 0.717) is 18.5 Å². The second-order valence-electron chi connectivity index (χ2n) is 10.5. The van der Waals surface area contributed by atoms with Crippen molar-refractivity contribution in [2.24, 2.45) is 12.5 Å². The third-order valence-corrected chi connectivity index (χ3v) is 7.86. The van der Waals surface area contributed by atoms with Crippen LogP contribution in [0.4, 0.5) is 0 Å². The maximum Gasteiger partial charge on any atom is 0.304 e. The van der Waals surface area contributed by atoms with Gasteiger partial charge in [0.1, 0.15) is 0 Å². The summed E-state index contributed by atoms with van der Waals surface area (Å²) >= 11 is 0. The molecule has 1 aromatic heterocycles. The lowest BCUT2D eigenvalue weighted by Gasteiger charge is -2.42. The summed E-state index contributed by atoms with van der Waals surface area (Å²) in [4.78, 5) is 13.4. The van der Waals surface area contributed by atoms with Crippen molar-refractivity contribution in [3.8, 4) is 11.1 Å². The lowest BCUT2D eigenvalue weighted by atomic mass is 9.73. The molecule has 0 amide bonds. The highest BCUT2D eigenvalue weighted by atomic mass is 16.4. The van der Waals surface area contributed by atoms with Gasteiger partial charge in [-0.15, -0.1) is 0 Å². The standard InChI is InChI=1S/C29H36N4O2/c1-32-20-25(19-31-32)24-9-5-6-22(16-24)18-29(11-14-33(15-12-29)13-10-28(34)35)21-30-27-17-26(27)23-7-3-2-4-8-23/h2-9,16,19-20,26-27,30H,10-15,17-18,21H2,1H3,(H,34,35)/t26?,27-/m1/s1. The van der Waals surface area contributed by atoms with Crippen LogP contribution in [0, 0.1) is 5.41 Å². The average molecular weight is 473 g/mol. The highest BCUT2D eigenvalue weighted by Crippen LogP contribution is 2.42. The lowest BCUT2D eigenvalue weighted by Crippen LogP contribution is -2.47. The van der Waals surface area contributed by atoms with Crippen LogP contribution in [0.2, 0.25) is 0 Å². The van der Waals surface area contributed by atoms with Gasteiger partial charge in [-0.1, -0.05) is 54.6 Å². The number of carboxylic acid groups (broad SMARTS) is 1. The molecule has 2 aliphatic rings. The molecule has 1 unspecified atom stereocenters. The molecule has 6 heteroatoms. The Balaban J connectivity index is 1.28. The Kier molecular flexibility index (Phi) is 7.02. The number of carbonyl (C=O) groups is 1. The predicted molar refractivity (Wildman–Crippen MR) is 138 cm³/mol. The average Bonchev–Trinajstić information content (AvgIpc) is 3.53. The Bertz CT molecular complexity index is 1130. The monoisotopic (exact) mass is 472 g/mol. The van der Waals surface area contributed by atoms with Gasteiger partial charge in [-0.25, -0.2) is 0 Å². The Morgan fingerprint density at radius 2 is 1.91 bits per heavy atom. The van der Waals surface area contributed by atoms with Crippen LogP contribution in [0.5, 0.6) is 0 Å². The zero-order chi connectivity index (χ0) is 24.3. The van der Waals surface area contributed by atoms with Crippen molar-refractivity contribution in [2.45, 2.75) is 44.1 Å². The maximum atomic E-state index is 11.1. The summed E-state index contributed by atoms with van der Waals surface area (Å²) in [5.74, 6) is -0.0887. The number of benzene rings is 2. The Morgan fingerprint density at radius 1 is 1.11 bits per heavy atom. The number of nitrogens with zero attached hydrogens (tertiary/aromatic N) is 3. The number of aryl methyl sites for hydroxylation is 1. The van der Waals surface area contributed by atoms with Crippen molar-refractivity contribution in [3.05, 3.63) is 78.1 Å². The number of carboxylic acids is 1. The van der Waals surface area contributed by atoms with Gasteiger partial charge in [-0.05, 0) is 60.9 Å². The van der Waals surface area contributed by atoms with Gasteiger partial charge in [-0.3, -0.25) is 9.48 Å². The van der Waals surface area contributed by atoms with E-state index < -0.39 is 5.97 Å². The van der Waals surface area contributed by atoms with Crippen molar-refractivity contribution < 1.29 is 9.90 Å². The van der Waals surface area contributed by atoms with Gasteiger partial charge in [-0.2, -0.15) is 5.10 Å². The van der Waals surface area contributed by atoms with Crippen LogP contribution in [0.25, 0.3) is 11.1 Å². The first-order valence-corrected chi connectivity index (χ1v) is 12.8. The van der Waals surface area contributed by atoms with E-state index in [1.165, 1.54) is 23.1 Å². The topological polar surface area (TPSA) is 70.4 Å². The normalized spacial score (nSPS) is 21.6. The Labute approximate surface area is 208 Å². The molecule has 2 fully saturated rings. The number of rotatable bonds is 10. The first kappa shape index (κ1) is 23.8. The molecule has 1 aliphatic carbocycles. The molecular weight excluding hydrogens is 436 g/mol. The highest BCUT2D eigenvalue weighted by Gasteiger charge is 2.41. The third-order valence-electron chi connectivity index (χ3n) is 7.86. The van der Waals surface area contributed by atoms with E-state index in [1.807, 2.05) is 17.9 Å². The van der Waals surface area contributed by atoms with Gasteiger partial charge in [0.25, 0.3) is 0 Å². The van der Waals surface area contributed by atoms with Crippen LogP contribution in [0.15, 0.2) is 67.0 Å². The molecule has 2 aromatic carbocycles. The molecule has 1 aliphatic heterocycles. The second-order valence-corrected chi connectivity index (χ2v) is 10.5. The summed E-state index contributed by atoms with van der Waals surface area (Å²) in [5, 5.41) is 17.4. The van der Waals surface area contributed by atoms with Crippen LogP contribution >= 0.6 is 0 Å². The molecule has 0 bridgehead atoms. The summed E-state index contributed by atoms with van der Waals surface area (Å²) in [6.07, 6.45) is 8.62. The highest BCUT2D eigenvalue weighted by molar-refractivity contribution is 5.66. The quantitative estimate of drug-likeness (QED) is 0.460. The first-order chi connectivity index (χ1) is 17.0. The number of hydrogen-bond acceptors (Lipinski definition) is 4. The number of piperidine rings is 1. The van der Waals surface area contributed by atoms with Gasteiger partial charge in [0, 0.05) is 43.9 Å². The smallest absolute Gasteiger partial charge is 0.304 e. The van der Waals surface area contributed by atoms with Crippen LogP contribution in [-0.4, -0.2) is 58.0 Å². The van der Waals surface area contributed by atoms with Crippen molar-refractivity contribution in [3.63, 3.8) is 0 Å². The molecule has 0 radical (unpaired) electrons. The van der Waals surface area contributed by atoms with Crippen LogP contribution < -0.4 is 5.32 Å². The molecule has 1 saturated heterocycles. The fourth-order valence-electron chi connectivity index (χ4n) is 5.62. The largest absolute Gasteiger partial charge is 0.481 e. The van der Waals surface area contributed by atoms with Crippen molar-refractivity contribution in [1.82, 2.24) is 20.0 Å². The third kappa shape index (κ3) is 6.00. The molecule has 184 valence electrons. The molecule has 5 rings (SSSR count). The molecule has 3 aromatic rings. The maximum absolute atomic E-state index is 11.1. The van der Waals surface area contributed by atoms with E-state index in [2.05, 4.69) is 76.1 Å². The molecule has 35 heavy (non-hydrogen) atoms. The number of hydrogen-bond donors (Lipinski definition) is 2. The van der Waals surface area contributed by atoms with Crippen molar-refractivity contribution >= 4 is 5.97 Å². The fraction of sp³-hybridized carbons (Fsp3) is 0.448. The minimum absolute atomic E-state index is 0.178. The molecule has 6 nitrogen and oxygen atoms in total. The number of aromatic nitrogens is 2. The number of aliphatic carboxylic acids is 1. The van der Waals surface area contributed by atoms with E-state index in [1.54, 1.807) is 0 Å². The summed E-state index contributed by atoms with van der Waals surface area (Å²) < 4.78 is 1.85. The van der Waals surface area contributed by atoms with Crippen molar-refractivity contribution in [2.75, 3.05) is 26.2 Å². The van der Waals surface area contributed by atoms with Crippen LogP contribution in [0.1, 0.15) is 42.7 Å². The zero-order valence-electron chi connectivity index (χ0n) is 20.6. The van der Waals surface area contributed by atoms with Crippen LogP contribution in [0.3, 0.4) is 0 Å². The van der Waals surface area contributed by atoms with E-state index in [-0.39, 0.29) is 11.8 Å². The molecular formula is C29H36N4O2. The zero-order valence-corrected chi connectivity index (χ0v) is 20.6.